The number of unbranched alkanes of at least 4 members (excludes halogenated alkanes) is 1. The van der Waals surface area contributed by atoms with E-state index in [-0.39, 0.29) is 13.0 Å². The molecule has 0 saturated carbocycles. The van der Waals surface area contributed by atoms with Crippen molar-refractivity contribution in [3.8, 4) is 12.3 Å². The Morgan fingerprint density at radius 1 is 1.44 bits per heavy atom. The number of amides is 2. The smallest absolute Gasteiger partial charge is 0.326 e. The SMILES string of the molecule is C#CCCCNC(=O)N[C@@H](CCO)C(=O)O. The van der Waals surface area contributed by atoms with Crippen LogP contribution in [0.2, 0.25) is 0 Å². The molecule has 6 heteroatoms. The van der Waals surface area contributed by atoms with Crippen LogP contribution < -0.4 is 10.6 Å². The number of aliphatic hydroxyl groups excluding tert-OH is 1. The van der Waals surface area contributed by atoms with Gasteiger partial charge in [-0.2, -0.15) is 0 Å². The van der Waals surface area contributed by atoms with Gasteiger partial charge < -0.3 is 20.8 Å². The van der Waals surface area contributed by atoms with Crippen LogP contribution in [0.15, 0.2) is 0 Å². The molecule has 0 saturated heterocycles. The lowest BCUT2D eigenvalue weighted by molar-refractivity contribution is -0.139. The molecule has 0 aromatic rings. The fourth-order valence-corrected chi connectivity index (χ4v) is 0.988. The zero-order valence-corrected chi connectivity index (χ0v) is 8.90. The molecule has 0 aliphatic carbocycles. The third-order valence-electron chi connectivity index (χ3n) is 1.80. The van der Waals surface area contributed by atoms with E-state index in [9.17, 15) is 9.59 Å². The number of aliphatic carboxylic acids is 1. The first-order valence-corrected chi connectivity index (χ1v) is 4.93. The number of urea groups is 1. The van der Waals surface area contributed by atoms with Crippen LogP contribution >= 0.6 is 0 Å². The second-order valence-electron chi connectivity index (χ2n) is 3.11. The molecule has 0 bridgehead atoms. The first-order valence-electron chi connectivity index (χ1n) is 4.93. The quantitative estimate of drug-likeness (QED) is 0.350. The average molecular weight is 228 g/mol. The molecular formula is C10H16N2O4. The van der Waals surface area contributed by atoms with Gasteiger partial charge in [0, 0.05) is 26.0 Å². The van der Waals surface area contributed by atoms with Gasteiger partial charge in [0.05, 0.1) is 0 Å². The van der Waals surface area contributed by atoms with Crippen LogP contribution in [0, 0.1) is 12.3 Å². The van der Waals surface area contributed by atoms with Crippen molar-refractivity contribution in [2.24, 2.45) is 0 Å². The molecule has 90 valence electrons. The van der Waals surface area contributed by atoms with Gasteiger partial charge in [0.1, 0.15) is 6.04 Å². The van der Waals surface area contributed by atoms with E-state index in [0.29, 0.717) is 19.4 Å². The van der Waals surface area contributed by atoms with Crippen molar-refractivity contribution in [2.75, 3.05) is 13.2 Å². The maximum absolute atomic E-state index is 11.2. The summed E-state index contributed by atoms with van der Waals surface area (Å²) in [5, 5.41) is 22.0. The highest BCUT2D eigenvalue weighted by molar-refractivity contribution is 5.82. The van der Waals surface area contributed by atoms with Crippen molar-refractivity contribution >= 4 is 12.0 Å². The molecule has 0 radical (unpaired) electrons. The van der Waals surface area contributed by atoms with Crippen molar-refractivity contribution in [2.45, 2.75) is 25.3 Å². The van der Waals surface area contributed by atoms with Crippen LogP contribution in [-0.4, -0.2) is 41.4 Å². The molecule has 0 aromatic heterocycles. The lowest BCUT2D eigenvalue weighted by atomic mass is 10.2. The Labute approximate surface area is 94.0 Å². The van der Waals surface area contributed by atoms with Gasteiger partial charge in [-0.1, -0.05) is 0 Å². The molecule has 2 amide bonds. The van der Waals surface area contributed by atoms with E-state index >= 15 is 0 Å². The predicted octanol–water partition coefficient (Wildman–Crippen LogP) is -0.465. The number of hydrogen-bond acceptors (Lipinski definition) is 3. The molecule has 6 nitrogen and oxygen atoms in total. The van der Waals surface area contributed by atoms with Crippen LogP contribution in [0.25, 0.3) is 0 Å². The Bertz CT molecular complexity index is 272. The van der Waals surface area contributed by atoms with E-state index in [4.69, 9.17) is 16.6 Å². The highest BCUT2D eigenvalue weighted by atomic mass is 16.4. The van der Waals surface area contributed by atoms with Crippen molar-refractivity contribution in [3.05, 3.63) is 0 Å². The van der Waals surface area contributed by atoms with Gasteiger partial charge in [-0.25, -0.2) is 9.59 Å². The van der Waals surface area contributed by atoms with Gasteiger partial charge in [0.15, 0.2) is 0 Å². The van der Waals surface area contributed by atoms with E-state index in [1.807, 2.05) is 0 Å². The summed E-state index contributed by atoms with van der Waals surface area (Å²) >= 11 is 0. The summed E-state index contributed by atoms with van der Waals surface area (Å²) in [5.41, 5.74) is 0. The van der Waals surface area contributed by atoms with Crippen molar-refractivity contribution < 1.29 is 19.8 Å². The normalized spacial score (nSPS) is 11.2. The first-order chi connectivity index (χ1) is 7.61. The van der Waals surface area contributed by atoms with Crippen LogP contribution in [0.1, 0.15) is 19.3 Å². The third kappa shape index (κ3) is 6.68. The number of hydrogen-bond donors (Lipinski definition) is 4. The number of carboxylic acids is 1. The minimum Gasteiger partial charge on any atom is -0.480 e. The molecule has 0 unspecified atom stereocenters. The minimum atomic E-state index is -1.17. The zero-order valence-electron chi connectivity index (χ0n) is 8.90. The Morgan fingerprint density at radius 2 is 2.12 bits per heavy atom. The molecule has 1 atom stereocenters. The topological polar surface area (TPSA) is 98.7 Å². The van der Waals surface area contributed by atoms with Gasteiger partial charge in [0.2, 0.25) is 0 Å². The number of aliphatic hydroxyl groups is 1. The summed E-state index contributed by atoms with van der Waals surface area (Å²) in [4.78, 5) is 21.8. The third-order valence-corrected chi connectivity index (χ3v) is 1.80. The maximum Gasteiger partial charge on any atom is 0.326 e. The number of carboxylic acid groups (broad SMARTS) is 1. The molecule has 16 heavy (non-hydrogen) atoms. The fourth-order valence-electron chi connectivity index (χ4n) is 0.988. The zero-order chi connectivity index (χ0) is 12.4. The highest BCUT2D eigenvalue weighted by Gasteiger charge is 2.18. The van der Waals surface area contributed by atoms with E-state index in [2.05, 4.69) is 16.6 Å². The van der Waals surface area contributed by atoms with Gasteiger partial charge >= 0.3 is 12.0 Å². The summed E-state index contributed by atoms with van der Waals surface area (Å²) in [6, 6.07) is -1.64. The maximum atomic E-state index is 11.2. The summed E-state index contributed by atoms with van der Waals surface area (Å²) in [7, 11) is 0. The van der Waals surface area contributed by atoms with Crippen molar-refractivity contribution in [1.29, 1.82) is 0 Å². The number of nitrogens with one attached hydrogen (secondary N) is 2. The van der Waals surface area contributed by atoms with Crippen LogP contribution in [-0.2, 0) is 4.79 Å². The van der Waals surface area contributed by atoms with E-state index in [0.717, 1.165) is 0 Å². The van der Waals surface area contributed by atoms with E-state index < -0.39 is 18.0 Å². The van der Waals surface area contributed by atoms with Gasteiger partial charge in [-0.3, -0.25) is 0 Å². The number of carbonyl (C=O) groups is 2. The number of carbonyl (C=O) groups excluding carboxylic acids is 1. The van der Waals surface area contributed by atoms with Crippen LogP contribution in [0.4, 0.5) is 4.79 Å². The number of terminal acetylenes is 1. The minimum absolute atomic E-state index is 0.0207. The second kappa shape index (κ2) is 8.56. The van der Waals surface area contributed by atoms with Gasteiger partial charge in [-0.05, 0) is 6.42 Å². The molecule has 4 N–H and O–H groups in total. The standard InChI is InChI=1S/C10H16N2O4/c1-2-3-4-6-11-10(16)12-8(5-7-13)9(14)15/h1,8,13H,3-7H2,(H,14,15)(H2,11,12,16)/t8-/m0/s1. The summed E-state index contributed by atoms with van der Waals surface area (Å²) in [6.07, 6.45) is 6.20. The Balaban J connectivity index is 3.83. The summed E-state index contributed by atoms with van der Waals surface area (Å²) in [5.74, 6) is 1.25. The Morgan fingerprint density at radius 3 is 2.62 bits per heavy atom. The summed E-state index contributed by atoms with van der Waals surface area (Å²) in [6.45, 7) is 0.0931. The average Bonchev–Trinajstić information content (AvgIpc) is 2.23. The molecule has 0 fully saturated rings. The van der Waals surface area contributed by atoms with Gasteiger partial charge in [0.25, 0.3) is 0 Å². The predicted molar refractivity (Wildman–Crippen MR) is 57.7 cm³/mol. The molecule has 0 aromatic carbocycles. The van der Waals surface area contributed by atoms with Crippen LogP contribution in [0.5, 0.6) is 0 Å². The highest BCUT2D eigenvalue weighted by Crippen LogP contribution is 1.91. The van der Waals surface area contributed by atoms with Crippen molar-refractivity contribution in [1.82, 2.24) is 10.6 Å². The second-order valence-corrected chi connectivity index (χ2v) is 3.11. The lowest BCUT2D eigenvalue weighted by Gasteiger charge is -2.13. The largest absolute Gasteiger partial charge is 0.480 e. The Hall–Kier alpha value is -1.74. The van der Waals surface area contributed by atoms with Crippen LogP contribution in [0.3, 0.4) is 0 Å². The molecule has 0 aliphatic rings. The summed E-state index contributed by atoms with van der Waals surface area (Å²) < 4.78 is 0. The van der Waals surface area contributed by atoms with Gasteiger partial charge in [-0.15, -0.1) is 12.3 Å². The fraction of sp³-hybridized carbons (Fsp3) is 0.600. The molecule has 0 spiro atoms. The molecular weight excluding hydrogens is 212 g/mol. The van der Waals surface area contributed by atoms with E-state index in [1.54, 1.807) is 0 Å². The number of rotatable bonds is 7. The molecule has 0 rings (SSSR count). The van der Waals surface area contributed by atoms with E-state index in [1.165, 1.54) is 0 Å². The lowest BCUT2D eigenvalue weighted by Crippen LogP contribution is -2.46. The van der Waals surface area contributed by atoms with Crippen molar-refractivity contribution in [3.63, 3.8) is 0 Å². The first kappa shape index (κ1) is 14.3. The molecule has 0 aliphatic heterocycles. The monoisotopic (exact) mass is 228 g/mol. The molecule has 0 heterocycles. The Kier molecular flexibility index (Phi) is 7.63.